The molecule has 2 aromatic rings. The van der Waals surface area contributed by atoms with Crippen molar-refractivity contribution in [2.45, 2.75) is 23.7 Å². The molecule has 0 saturated carbocycles. The van der Waals surface area contributed by atoms with Crippen LogP contribution in [-0.2, 0) is 14.6 Å². The summed E-state index contributed by atoms with van der Waals surface area (Å²) in [5.74, 6) is -0.682. The van der Waals surface area contributed by atoms with Crippen molar-refractivity contribution in [3.8, 4) is 0 Å². The van der Waals surface area contributed by atoms with E-state index in [0.717, 1.165) is 12.8 Å². The number of nitrogens with one attached hydrogen (secondary N) is 2. The van der Waals surface area contributed by atoms with Crippen LogP contribution in [0, 0.1) is 0 Å². The van der Waals surface area contributed by atoms with Gasteiger partial charge in [-0.1, -0.05) is 30.3 Å². The second-order valence-corrected chi connectivity index (χ2v) is 9.08. The number of likely N-dealkylation sites (tertiary alicyclic amines) is 1. The van der Waals surface area contributed by atoms with Crippen molar-refractivity contribution < 1.29 is 18.0 Å². The van der Waals surface area contributed by atoms with Gasteiger partial charge in [-0.3, -0.25) is 4.79 Å². The van der Waals surface area contributed by atoms with Crippen LogP contribution in [-0.4, -0.2) is 44.1 Å². The molecule has 2 heterocycles. The third-order valence-corrected chi connectivity index (χ3v) is 6.87. The smallest absolute Gasteiger partial charge is 0.321 e. The Morgan fingerprint density at radius 2 is 1.79 bits per heavy atom. The van der Waals surface area contributed by atoms with E-state index in [-0.39, 0.29) is 16.6 Å². The van der Waals surface area contributed by atoms with Gasteiger partial charge in [0.2, 0.25) is 5.91 Å². The third-order valence-electron chi connectivity index (χ3n) is 5.22. The average Bonchev–Trinajstić information content (AvgIpc) is 2.69. The minimum atomic E-state index is -3.69. The summed E-state index contributed by atoms with van der Waals surface area (Å²) < 4.78 is 24.4. The average molecular weight is 399 g/mol. The fourth-order valence-electron chi connectivity index (χ4n) is 3.74. The van der Waals surface area contributed by atoms with Gasteiger partial charge in [0, 0.05) is 18.8 Å². The van der Waals surface area contributed by atoms with Gasteiger partial charge < -0.3 is 15.5 Å². The number of carbonyl (C=O) groups is 2. The summed E-state index contributed by atoms with van der Waals surface area (Å²) in [6.45, 7) is 1.29. The maximum Gasteiger partial charge on any atom is 0.321 e. The van der Waals surface area contributed by atoms with E-state index in [0.29, 0.717) is 24.7 Å². The lowest BCUT2D eigenvalue weighted by atomic mass is 9.90. The van der Waals surface area contributed by atoms with Crippen LogP contribution in [0.1, 0.15) is 24.3 Å². The SMILES string of the molecule is O=C1CS(=O)(=O)c2cc(NC(=O)N3CCC(c4ccccc4)CC3)ccc2N1. The summed E-state index contributed by atoms with van der Waals surface area (Å²) in [5, 5.41) is 5.31. The molecule has 28 heavy (non-hydrogen) atoms. The molecule has 146 valence electrons. The van der Waals surface area contributed by atoms with E-state index >= 15 is 0 Å². The molecule has 0 spiro atoms. The summed E-state index contributed by atoms with van der Waals surface area (Å²) >= 11 is 0. The molecule has 3 amide bonds. The zero-order valence-corrected chi connectivity index (χ0v) is 16.0. The summed E-state index contributed by atoms with van der Waals surface area (Å²) in [4.78, 5) is 25.8. The zero-order valence-electron chi connectivity index (χ0n) is 15.2. The summed E-state index contributed by atoms with van der Waals surface area (Å²) in [7, 11) is -3.69. The highest BCUT2D eigenvalue weighted by Crippen LogP contribution is 2.31. The van der Waals surface area contributed by atoms with Gasteiger partial charge in [-0.05, 0) is 42.5 Å². The molecule has 2 aromatic carbocycles. The lowest BCUT2D eigenvalue weighted by molar-refractivity contribution is -0.114. The van der Waals surface area contributed by atoms with Crippen LogP contribution >= 0.6 is 0 Å². The Morgan fingerprint density at radius 1 is 1.07 bits per heavy atom. The Kier molecular flexibility index (Phi) is 4.80. The number of nitrogens with zero attached hydrogens (tertiary/aromatic N) is 1. The molecule has 2 N–H and O–H groups in total. The fraction of sp³-hybridized carbons (Fsp3) is 0.300. The highest BCUT2D eigenvalue weighted by molar-refractivity contribution is 7.92. The van der Waals surface area contributed by atoms with Crippen molar-refractivity contribution in [2.75, 3.05) is 29.5 Å². The predicted molar refractivity (Wildman–Crippen MR) is 106 cm³/mol. The van der Waals surface area contributed by atoms with E-state index in [4.69, 9.17) is 0 Å². The van der Waals surface area contributed by atoms with Gasteiger partial charge in [0.15, 0.2) is 9.84 Å². The molecular weight excluding hydrogens is 378 g/mol. The van der Waals surface area contributed by atoms with Crippen LogP contribution in [0.5, 0.6) is 0 Å². The molecule has 0 aromatic heterocycles. The fourth-order valence-corrected chi connectivity index (χ4v) is 5.07. The number of piperidine rings is 1. The molecule has 8 heteroatoms. The molecule has 0 unspecified atom stereocenters. The first-order chi connectivity index (χ1) is 13.4. The molecule has 0 atom stereocenters. The highest BCUT2D eigenvalue weighted by atomic mass is 32.2. The molecule has 7 nitrogen and oxygen atoms in total. The first-order valence-electron chi connectivity index (χ1n) is 9.20. The molecule has 1 saturated heterocycles. The van der Waals surface area contributed by atoms with Gasteiger partial charge in [-0.2, -0.15) is 0 Å². The van der Waals surface area contributed by atoms with Gasteiger partial charge in [0.05, 0.1) is 10.6 Å². The number of fused-ring (bicyclic) bond motifs is 1. The van der Waals surface area contributed by atoms with Crippen LogP contribution < -0.4 is 10.6 Å². The van der Waals surface area contributed by atoms with Crippen LogP contribution in [0.4, 0.5) is 16.2 Å². The molecule has 0 bridgehead atoms. The van der Waals surface area contributed by atoms with Crippen molar-refractivity contribution in [1.82, 2.24) is 4.90 Å². The van der Waals surface area contributed by atoms with E-state index in [9.17, 15) is 18.0 Å². The minimum Gasteiger partial charge on any atom is -0.324 e. The Hall–Kier alpha value is -2.87. The predicted octanol–water partition coefficient (Wildman–Crippen LogP) is 2.82. The first-order valence-corrected chi connectivity index (χ1v) is 10.9. The number of hydrogen-bond donors (Lipinski definition) is 2. The van der Waals surface area contributed by atoms with Crippen molar-refractivity contribution >= 4 is 33.2 Å². The van der Waals surface area contributed by atoms with Crippen LogP contribution in [0.15, 0.2) is 53.4 Å². The number of rotatable bonds is 2. The van der Waals surface area contributed by atoms with Crippen LogP contribution in [0.3, 0.4) is 0 Å². The van der Waals surface area contributed by atoms with Gasteiger partial charge >= 0.3 is 6.03 Å². The number of carbonyl (C=O) groups excluding carboxylic acids is 2. The monoisotopic (exact) mass is 399 g/mol. The lowest BCUT2D eigenvalue weighted by Crippen LogP contribution is -2.40. The van der Waals surface area contributed by atoms with Crippen molar-refractivity contribution in [3.63, 3.8) is 0 Å². The number of urea groups is 1. The zero-order chi connectivity index (χ0) is 19.7. The van der Waals surface area contributed by atoms with Crippen LogP contribution in [0.25, 0.3) is 0 Å². The highest BCUT2D eigenvalue weighted by Gasteiger charge is 2.29. The topological polar surface area (TPSA) is 95.6 Å². The van der Waals surface area contributed by atoms with Crippen molar-refractivity contribution in [3.05, 3.63) is 54.1 Å². The Labute approximate surface area is 163 Å². The molecule has 0 aliphatic carbocycles. The molecule has 0 radical (unpaired) electrons. The number of hydrogen-bond acceptors (Lipinski definition) is 4. The standard InChI is InChI=1S/C20H21N3O4S/c24-19-13-28(26,27)18-12-16(6-7-17(18)22-19)21-20(25)23-10-8-15(9-11-23)14-4-2-1-3-5-14/h1-7,12,15H,8-11,13H2,(H,21,25)(H,22,24). The maximum atomic E-state index is 12.6. The van der Waals surface area contributed by atoms with Crippen molar-refractivity contribution in [2.24, 2.45) is 0 Å². The molecular formula is C20H21N3O4S. The van der Waals surface area contributed by atoms with E-state index in [1.165, 1.54) is 17.7 Å². The second kappa shape index (κ2) is 7.27. The van der Waals surface area contributed by atoms with Gasteiger partial charge in [0.1, 0.15) is 5.75 Å². The number of anilines is 2. The summed E-state index contributed by atoms with van der Waals surface area (Å²) in [5.41, 5.74) is 1.94. The van der Waals surface area contributed by atoms with Gasteiger partial charge in [-0.15, -0.1) is 0 Å². The van der Waals surface area contributed by atoms with Crippen LogP contribution in [0.2, 0.25) is 0 Å². The Bertz CT molecular complexity index is 1010. The van der Waals surface area contributed by atoms with Gasteiger partial charge in [0.25, 0.3) is 0 Å². The number of benzene rings is 2. The second-order valence-electron chi connectivity index (χ2n) is 7.12. The largest absolute Gasteiger partial charge is 0.324 e. The summed E-state index contributed by atoms with van der Waals surface area (Å²) in [6.07, 6.45) is 1.78. The summed E-state index contributed by atoms with van der Waals surface area (Å²) in [6, 6.07) is 14.5. The quantitative estimate of drug-likeness (QED) is 0.812. The van der Waals surface area contributed by atoms with E-state index < -0.39 is 21.5 Å². The van der Waals surface area contributed by atoms with E-state index in [1.54, 1.807) is 11.0 Å². The molecule has 2 aliphatic heterocycles. The molecule has 4 rings (SSSR count). The third kappa shape index (κ3) is 3.73. The number of sulfone groups is 1. The van der Waals surface area contributed by atoms with E-state index in [2.05, 4.69) is 22.8 Å². The normalized spacial score (nSPS) is 18.9. The maximum absolute atomic E-state index is 12.6. The van der Waals surface area contributed by atoms with Crippen molar-refractivity contribution in [1.29, 1.82) is 0 Å². The molecule has 2 aliphatic rings. The minimum absolute atomic E-state index is 0.0349. The number of amides is 3. The Balaban J connectivity index is 1.42. The Morgan fingerprint density at radius 3 is 2.50 bits per heavy atom. The lowest BCUT2D eigenvalue weighted by Gasteiger charge is -2.32. The molecule has 1 fully saturated rings. The van der Waals surface area contributed by atoms with Gasteiger partial charge in [-0.25, -0.2) is 13.2 Å². The van der Waals surface area contributed by atoms with E-state index in [1.807, 2.05) is 18.2 Å². The first kappa shape index (κ1) is 18.5.